The van der Waals surface area contributed by atoms with E-state index in [4.69, 9.17) is 0 Å². The second kappa shape index (κ2) is 3.08. The summed E-state index contributed by atoms with van der Waals surface area (Å²) in [4.78, 5) is 4.63. The van der Waals surface area contributed by atoms with Gasteiger partial charge < -0.3 is 0 Å². The van der Waals surface area contributed by atoms with Gasteiger partial charge in [-0.05, 0) is 24.5 Å². The van der Waals surface area contributed by atoms with Crippen LogP contribution in [0.15, 0.2) is 12.3 Å². The Hall–Kier alpha value is -1.38. The first-order valence-electron chi connectivity index (χ1n) is 4.89. The van der Waals surface area contributed by atoms with E-state index in [1.165, 1.54) is 11.3 Å². The fourth-order valence-electron chi connectivity index (χ4n) is 1.78. The zero-order valence-corrected chi connectivity index (χ0v) is 9.07. The van der Waals surface area contributed by atoms with Gasteiger partial charge in [0.2, 0.25) is 0 Å². The number of rotatable bonds is 1. The van der Waals surface area contributed by atoms with Gasteiger partial charge in [0.1, 0.15) is 0 Å². The summed E-state index contributed by atoms with van der Waals surface area (Å²) < 4.78 is 1.82. The monoisotopic (exact) mass is 189 g/mol. The molecule has 0 radical (unpaired) electrons. The number of hydrogen-bond acceptors (Lipinski definition) is 2. The zero-order chi connectivity index (χ0) is 10.3. The van der Waals surface area contributed by atoms with Crippen molar-refractivity contribution in [1.29, 1.82) is 0 Å². The van der Waals surface area contributed by atoms with Crippen LogP contribution >= 0.6 is 0 Å². The van der Waals surface area contributed by atoms with Gasteiger partial charge in [0, 0.05) is 18.1 Å². The Kier molecular flexibility index (Phi) is 2.02. The van der Waals surface area contributed by atoms with Crippen LogP contribution in [0.4, 0.5) is 0 Å². The standard InChI is InChI=1S/C11H15N3/c1-7(2)10-8(3)5-9-6-12-14(4)11(9)13-10/h5-7H,1-4H3. The summed E-state index contributed by atoms with van der Waals surface area (Å²) in [6, 6.07) is 2.16. The summed E-state index contributed by atoms with van der Waals surface area (Å²) in [5.74, 6) is 0.467. The zero-order valence-electron chi connectivity index (χ0n) is 9.07. The number of fused-ring (bicyclic) bond motifs is 1. The lowest BCUT2D eigenvalue weighted by atomic mass is 10.0. The molecule has 0 saturated carbocycles. The van der Waals surface area contributed by atoms with Gasteiger partial charge in [-0.1, -0.05) is 13.8 Å². The molecule has 0 bridgehead atoms. The van der Waals surface area contributed by atoms with Crippen molar-refractivity contribution in [2.75, 3.05) is 0 Å². The van der Waals surface area contributed by atoms with Crippen molar-refractivity contribution in [1.82, 2.24) is 14.8 Å². The molecule has 74 valence electrons. The maximum atomic E-state index is 4.63. The Balaban J connectivity index is 2.74. The van der Waals surface area contributed by atoms with Crippen molar-refractivity contribution in [2.45, 2.75) is 26.7 Å². The van der Waals surface area contributed by atoms with Crippen LogP contribution in [0.1, 0.15) is 31.0 Å². The maximum Gasteiger partial charge on any atom is 0.157 e. The molecular weight excluding hydrogens is 174 g/mol. The summed E-state index contributed by atoms with van der Waals surface area (Å²) in [5, 5.41) is 5.31. The Labute approximate surface area is 83.8 Å². The number of aryl methyl sites for hydroxylation is 2. The van der Waals surface area contributed by atoms with E-state index in [0.717, 1.165) is 11.0 Å². The summed E-state index contributed by atoms with van der Waals surface area (Å²) >= 11 is 0. The normalized spacial score (nSPS) is 11.5. The van der Waals surface area contributed by atoms with E-state index in [1.807, 2.05) is 17.9 Å². The third-order valence-corrected chi connectivity index (χ3v) is 2.48. The highest BCUT2D eigenvalue weighted by molar-refractivity contribution is 5.75. The average molecular weight is 189 g/mol. The van der Waals surface area contributed by atoms with Crippen LogP contribution in [0.25, 0.3) is 11.0 Å². The predicted molar refractivity (Wildman–Crippen MR) is 57.3 cm³/mol. The van der Waals surface area contributed by atoms with Crippen LogP contribution < -0.4 is 0 Å². The van der Waals surface area contributed by atoms with Crippen LogP contribution in [-0.2, 0) is 7.05 Å². The predicted octanol–water partition coefficient (Wildman–Crippen LogP) is 2.40. The molecular formula is C11H15N3. The summed E-state index contributed by atoms with van der Waals surface area (Å²) in [6.07, 6.45) is 1.86. The first-order chi connectivity index (χ1) is 6.59. The smallest absolute Gasteiger partial charge is 0.157 e. The second-order valence-corrected chi connectivity index (χ2v) is 4.03. The molecule has 2 heterocycles. The number of nitrogens with zero attached hydrogens (tertiary/aromatic N) is 3. The molecule has 3 nitrogen and oxygen atoms in total. The molecule has 0 saturated heterocycles. The van der Waals surface area contributed by atoms with Crippen molar-refractivity contribution >= 4 is 11.0 Å². The highest BCUT2D eigenvalue weighted by atomic mass is 15.3. The molecule has 0 aliphatic heterocycles. The van der Waals surface area contributed by atoms with Crippen molar-refractivity contribution < 1.29 is 0 Å². The summed E-state index contributed by atoms with van der Waals surface area (Å²) in [5.41, 5.74) is 3.39. The Morgan fingerprint density at radius 1 is 1.36 bits per heavy atom. The van der Waals surface area contributed by atoms with Crippen LogP contribution in [0.3, 0.4) is 0 Å². The molecule has 0 aromatic carbocycles. The van der Waals surface area contributed by atoms with Gasteiger partial charge >= 0.3 is 0 Å². The minimum Gasteiger partial charge on any atom is -0.250 e. The fourth-order valence-corrected chi connectivity index (χ4v) is 1.78. The van der Waals surface area contributed by atoms with Crippen LogP contribution in [0.2, 0.25) is 0 Å². The maximum absolute atomic E-state index is 4.63. The van der Waals surface area contributed by atoms with E-state index >= 15 is 0 Å². The van der Waals surface area contributed by atoms with Crippen molar-refractivity contribution in [3.05, 3.63) is 23.5 Å². The molecule has 0 N–H and O–H groups in total. The number of pyridine rings is 1. The minimum absolute atomic E-state index is 0.467. The van der Waals surface area contributed by atoms with Crippen LogP contribution in [-0.4, -0.2) is 14.8 Å². The topological polar surface area (TPSA) is 30.7 Å². The molecule has 2 aromatic heterocycles. The Morgan fingerprint density at radius 2 is 2.07 bits per heavy atom. The molecule has 0 unspecified atom stereocenters. The molecule has 3 heteroatoms. The SMILES string of the molecule is Cc1cc2cnn(C)c2nc1C(C)C. The fraction of sp³-hybridized carbons (Fsp3) is 0.455. The molecule has 0 fully saturated rings. The lowest BCUT2D eigenvalue weighted by Crippen LogP contribution is -1.99. The van der Waals surface area contributed by atoms with Gasteiger partial charge in [-0.3, -0.25) is 4.68 Å². The van der Waals surface area contributed by atoms with Crippen LogP contribution in [0.5, 0.6) is 0 Å². The van der Waals surface area contributed by atoms with E-state index < -0.39 is 0 Å². The van der Waals surface area contributed by atoms with E-state index in [0.29, 0.717) is 5.92 Å². The molecule has 2 rings (SSSR count). The summed E-state index contributed by atoms with van der Waals surface area (Å²) in [6.45, 7) is 6.43. The molecule has 0 spiro atoms. The third kappa shape index (κ3) is 1.29. The molecule has 2 aromatic rings. The minimum atomic E-state index is 0.467. The van der Waals surface area contributed by atoms with Gasteiger partial charge in [0.15, 0.2) is 5.65 Å². The van der Waals surface area contributed by atoms with E-state index in [2.05, 4.69) is 36.9 Å². The molecule has 0 aliphatic carbocycles. The largest absolute Gasteiger partial charge is 0.250 e. The van der Waals surface area contributed by atoms with E-state index in [1.54, 1.807) is 0 Å². The average Bonchev–Trinajstić information content (AvgIpc) is 2.46. The molecule has 14 heavy (non-hydrogen) atoms. The third-order valence-electron chi connectivity index (χ3n) is 2.48. The van der Waals surface area contributed by atoms with Gasteiger partial charge in [-0.2, -0.15) is 5.10 Å². The van der Waals surface area contributed by atoms with E-state index in [-0.39, 0.29) is 0 Å². The highest BCUT2D eigenvalue weighted by Crippen LogP contribution is 2.21. The molecule has 0 atom stereocenters. The van der Waals surface area contributed by atoms with Gasteiger partial charge in [0.05, 0.1) is 6.20 Å². The van der Waals surface area contributed by atoms with Crippen molar-refractivity contribution in [3.63, 3.8) is 0 Å². The number of hydrogen-bond donors (Lipinski definition) is 0. The Morgan fingerprint density at radius 3 is 2.71 bits per heavy atom. The van der Waals surface area contributed by atoms with Gasteiger partial charge in [0.25, 0.3) is 0 Å². The van der Waals surface area contributed by atoms with E-state index in [9.17, 15) is 0 Å². The summed E-state index contributed by atoms with van der Waals surface area (Å²) in [7, 11) is 1.93. The second-order valence-electron chi connectivity index (χ2n) is 4.03. The first kappa shape index (κ1) is 9.19. The van der Waals surface area contributed by atoms with Crippen molar-refractivity contribution in [3.8, 4) is 0 Å². The molecule has 0 aliphatic rings. The van der Waals surface area contributed by atoms with Crippen LogP contribution in [0, 0.1) is 6.92 Å². The van der Waals surface area contributed by atoms with Gasteiger partial charge in [-0.25, -0.2) is 4.98 Å². The molecule has 0 amide bonds. The first-order valence-corrected chi connectivity index (χ1v) is 4.89. The highest BCUT2D eigenvalue weighted by Gasteiger charge is 2.09. The van der Waals surface area contributed by atoms with Gasteiger partial charge in [-0.15, -0.1) is 0 Å². The lowest BCUT2D eigenvalue weighted by Gasteiger charge is -2.08. The van der Waals surface area contributed by atoms with Crippen molar-refractivity contribution in [2.24, 2.45) is 7.05 Å². The quantitative estimate of drug-likeness (QED) is 0.689. The number of aromatic nitrogens is 3. The Bertz CT molecular complexity index is 469. The lowest BCUT2D eigenvalue weighted by molar-refractivity contribution is 0.768.